The van der Waals surface area contributed by atoms with Gasteiger partial charge in [-0.3, -0.25) is 9.59 Å². The number of halogens is 1. The summed E-state index contributed by atoms with van der Waals surface area (Å²) in [4.78, 5) is 33.5. The fourth-order valence-corrected chi connectivity index (χ4v) is 1.93. The average Bonchev–Trinajstić information content (AvgIpc) is 2.60. The van der Waals surface area contributed by atoms with E-state index >= 15 is 0 Å². The maximum absolute atomic E-state index is 11.5. The SMILES string of the molecule is COCCNC(=O)C(=O)N/N=C\c1cc(Cl)c(OCC(=O)O)c(OC)c1. The number of benzene rings is 1. The smallest absolute Gasteiger partial charge is 0.341 e. The zero-order chi connectivity index (χ0) is 19.5. The Hall–Kier alpha value is -2.85. The van der Waals surface area contributed by atoms with Gasteiger partial charge in [0.25, 0.3) is 0 Å². The summed E-state index contributed by atoms with van der Waals surface area (Å²) >= 11 is 6.04. The van der Waals surface area contributed by atoms with E-state index < -0.39 is 24.4 Å². The Morgan fingerprint density at radius 1 is 1.27 bits per heavy atom. The van der Waals surface area contributed by atoms with E-state index in [1.165, 1.54) is 32.6 Å². The van der Waals surface area contributed by atoms with Crippen LogP contribution < -0.4 is 20.2 Å². The Morgan fingerprint density at radius 3 is 2.62 bits per heavy atom. The first-order valence-corrected chi connectivity index (χ1v) is 7.59. The molecule has 11 heteroatoms. The first kappa shape index (κ1) is 21.2. The molecule has 0 fully saturated rings. The molecule has 1 aromatic rings. The Balaban J connectivity index is 2.73. The molecule has 1 rings (SSSR count). The second-order valence-electron chi connectivity index (χ2n) is 4.66. The monoisotopic (exact) mass is 387 g/mol. The maximum Gasteiger partial charge on any atom is 0.341 e. The van der Waals surface area contributed by atoms with Crippen LogP contribution in [-0.2, 0) is 19.1 Å². The highest BCUT2D eigenvalue weighted by molar-refractivity contribution is 6.35. The fraction of sp³-hybridized carbons (Fsp3) is 0.333. The highest BCUT2D eigenvalue weighted by Crippen LogP contribution is 2.35. The molecule has 10 nitrogen and oxygen atoms in total. The van der Waals surface area contributed by atoms with Crippen molar-refractivity contribution >= 4 is 35.6 Å². The van der Waals surface area contributed by atoms with Crippen LogP contribution in [0.1, 0.15) is 5.56 Å². The zero-order valence-corrected chi connectivity index (χ0v) is 14.8. The summed E-state index contributed by atoms with van der Waals surface area (Å²) in [6.07, 6.45) is 1.23. The van der Waals surface area contributed by atoms with Gasteiger partial charge in [-0.25, -0.2) is 10.2 Å². The number of amides is 2. The van der Waals surface area contributed by atoms with Crippen molar-refractivity contribution in [1.29, 1.82) is 0 Å². The third kappa shape index (κ3) is 6.95. The number of carbonyl (C=O) groups excluding carboxylic acids is 2. The first-order valence-electron chi connectivity index (χ1n) is 7.21. The van der Waals surface area contributed by atoms with E-state index in [2.05, 4.69) is 15.8 Å². The van der Waals surface area contributed by atoms with Crippen LogP contribution in [0.25, 0.3) is 0 Å². The summed E-state index contributed by atoms with van der Waals surface area (Å²) in [5.41, 5.74) is 2.48. The van der Waals surface area contributed by atoms with Gasteiger partial charge in [-0.15, -0.1) is 0 Å². The third-order valence-corrected chi connectivity index (χ3v) is 3.05. The van der Waals surface area contributed by atoms with E-state index in [9.17, 15) is 14.4 Å². The number of hydrogen-bond acceptors (Lipinski definition) is 7. The van der Waals surface area contributed by atoms with Gasteiger partial charge in [0.15, 0.2) is 18.1 Å². The number of aliphatic carboxylic acids is 1. The Morgan fingerprint density at radius 2 is 2.00 bits per heavy atom. The van der Waals surface area contributed by atoms with Crippen molar-refractivity contribution < 1.29 is 33.7 Å². The molecule has 0 radical (unpaired) electrons. The largest absolute Gasteiger partial charge is 0.493 e. The maximum atomic E-state index is 11.5. The van der Waals surface area contributed by atoms with Crippen LogP contribution in [0.3, 0.4) is 0 Å². The van der Waals surface area contributed by atoms with Crippen molar-refractivity contribution in [3.63, 3.8) is 0 Å². The number of carboxylic acid groups (broad SMARTS) is 1. The van der Waals surface area contributed by atoms with Gasteiger partial charge in [-0.1, -0.05) is 11.6 Å². The molecule has 0 saturated heterocycles. The van der Waals surface area contributed by atoms with Gasteiger partial charge < -0.3 is 24.6 Å². The van der Waals surface area contributed by atoms with Crippen LogP contribution in [0.5, 0.6) is 11.5 Å². The minimum atomic E-state index is -1.17. The number of hydrazone groups is 1. The van der Waals surface area contributed by atoms with Gasteiger partial charge in [-0.2, -0.15) is 5.10 Å². The van der Waals surface area contributed by atoms with Gasteiger partial charge in [0.2, 0.25) is 0 Å². The molecule has 0 spiro atoms. The van der Waals surface area contributed by atoms with Gasteiger partial charge in [0, 0.05) is 13.7 Å². The van der Waals surface area contributed by atoms with Crippen LogP contribution >= 0.6 is 11.6 Å². The molecule has 0 aliphatic carbocycles. The number of ether oxygens (including phenoxy) is 3. The van der Waals surface area contributed by atoms with Crippen molar-refractivity contribution in [3.05, 3.63) is 22.7 Å². The van der Waals surface area contributed by atoms with Crippen molar-refractivity contribution in [2.24, 2.45) is 5.10 Å². The summed E-state index contributed by atoms with van der Waals surface area (Å²) in [6, 6.07) is 2.90. The van der Waals surface area contributed by atoms with Gasteiger partial charge in [0.05, 0.1) is 25.0 Å². The van der Waals surface area contributed by atoms with Crippen molar-refractivity contribution in [2.75, 3.05) is 34.0 Å². The predicted molar refractivity (Wildman–Crippen MR) is 91.8 cm³/mol. The molecule has 0 saturated carbocycles. The van der Waals surface area contributed by atoms with Gasteiger partial charge in [0.1, 0.15) is 0 Å². The predicted octanol–water partition coefficient (Wildman–Crippen LogP) is 0.0247. The summed E-state index contributed by atoms with van der Waals surface area (Å²) in [5.74, 6) is -2.72. The van der Waals surface area contributed by atoms with Gasteiger partial charge >= 0.3 is 17.8 Å². The Bertz CT molecular complexity index is 694. The van der Waals surface area contributed by atoms with E-state index in [1.54, 1.807) is 0 Å². The quantitative estimate of drug-likeness (QED) is 0.235. The standard InChI is InChI=1S/C15H18ClN3O7/c1-24-4-3-17-14(22)15(23)19-18-7-9-5-10(16)13(11(6-9)25-2)26-8-12(20)21/h5-7H,3-4,8H2,1-2H3,(H,17,22)(H,19,23)(H,20,21)/b18-7-. The normalized spacial score (nSPS) is 10.4. The molecular weight excluding hydrogens is 370 g/mol. The molecule has 0 aliphatic rings. The molecule has 142 valence electrons. The number of hydrogen-bond donors (Lipinski definition) is 3. The molecule has 3 N–H and O–H groups in total. The highest BCUT2D eigenvalue weighted by atomic mass is 35.5. The van der Waals surface area contributed by atoms with E-state index in [1.807, 2.05) is 0 Å². The zero-order valence-electron chi connectivity index (χ0n) is 14.1. The van der Waals surface area contributed by atoms with E-state index in [0.29, 0.717) is 5.56 Å². The summed E-state index contributed by atoms with van der Waals surface area (Å²) < 4.78 is 14.9. The van der Waals surface area contributed by atoms with E-state index in [4.69, 9.17) is 30.9 Å². The van der Waals surface area contributed by atoms with E-state index in [0.717, 1.165) is 0 Å². The van der Waals surface area contributed by atoms with Crippen LogP contribution in [0.2, 0.25) is 5.02 Å². The van der Waals surface area contributed by atoms with Crippen molar-refractivity contribution in [3.8, 4) is 11.5 Å². The molecule has 26 heavy (non-hydrogen) atoms. The molecule has 0 aromatic heterocycles. The Kier molecular flexibility index (Phi) is 8.88. The number of carboxylic acids is 1. The van der Waals surface area contributed by atoms with Crippen molar-refractivity contribution in [1.82, 2.24) is 10.7 Å². The number of nitrogens with zero attached hydrogens (tertiary/aromatic N) is 1. The second kappa shape index (κ2) is 10.9. The lowest BCUT2D eigenvalue weighted by atomic mass is 10.2. The number of carbonyl (C=O) groups is 3. The van der Waals surface area contributed by atoms with Crippen LogP contribution in [-0.4, -0.2) is 63.1 Å². The van der Waals surface area contributed by atoms with Crippen LogP contribution in [0.4, 0.5) is 0 Å². The molecule has 0 aliphatic heterocycles. The third-order valence-electron chi connectivity index (χ3n) is 2.77. The first-order chi connectivity index (χ1) is 12.4. The van der Waals surface area contributed by atoms with Crippen molar-refractivity contribution in [2.45, 2.75) is 0 Å². The molecular formula is C15H18ClN3O7. The minimum absolute atomic E-state index is 0.0651. The molecule has 0 atom stereocenters. The van der Waals surface area contributed by atoms with Crippen LogP contribution in [0, 0.1) is 0 Å². The molecule has 1 aromatic carbocycles. The highest BCUT2D eigenvalue weighted by Gasteiger charge is 2.14. The molecule has 0 unspecified atom stereocenters. The number of rotatable bonds is 9. The van der Waals surface area contributed by atoms with E-state index in [-0.39, 0.29) is 29.7 Å². The van der Waals surface area contributed by atoms with Crippen LogP contribution in [0.15, 0.2) is 17.2 Å². The molecule has 0 bridgehead atoms. The Labute approximate surface area is 154 Å². The molecule has 2 amide bonds. The topological polar surface area (TPSA) is 136 Å². The second-order valence-corrected chi connectivity index (χ2v) is 5.07. The number of methoxy groups -OCH3 is 2. The molecule has 0 heterocycles. The summed E-state index contributed by atoms with van der Waals surface area (Å²) in [7, 11) is 2.82. The average molecular weight is 388 g/mol. The lowest BCUT2D eigenvalue weighted by Gasteiger charge is -2.11. The lowest BCUT2D eigenvalue weighted by molar-refractivity contribution is -0.139. The van der Waals surface area contributed by atoms with Gasteiger partial charge in [-0.05, 0) is 17.7 Å². The number of nitrogens with one attached hydrogen (secondary N) is 2. The summed E-state index contributed by atoms with van der Waals surface area (Å²) in [6.45, 7) is -0.119. The minimum Gasteiger partial charge on any atom is -0.493 e. The fourth-order valence-electron chi connectivity index (χ4n) is 1.65. The summed E-state index contributed by atoms with van der Waals surface area (Å²) in [5, 5.41) is 14.7. The lowest BCUT2D eigenvalue weighted by Crippen LogP contribution is -2.39.